The second kappa shape index (κ2) is 7.99. The van der Waals surface area contributed by atoms with E-state index in [1.807, 2.05) is 18.2 Å². The average molecular weight is 347 g/mol. The van der Waals surface area contributed by atoms with Crippen molar-refractivity contribution in [3.05, 3.63) is 77.6 Å². The third-order valence-electron chi connectivity index (χ3n) is 3.66. The molecule has 1 aliphatic rings. The van der Waals surface area contributed by atoms with Crippen molar-refractivity contribution in [3.8, 4) is 17.5 Å². The first-order valence-electron chi connectivity index (χ1n) is 8.13. The Kier molecular flexibility index (Phi) is 5.30. The van der Waals surface area contributed by atoms with Gasteiger partial charge in [-0.3, -0.25) is 0 Å². The van der Waals surface area contributed by atoms with Crippen molar-refractivity contribution < 1.29 is 14.3 Å². The van der Waals surface area contributed by atoms with Crippen molar-refractivity contribution in [3.63, 3.8) is 0 Å². The maximum atomic E-state index is 11.5. The van der Waals surface area contributed by atoms with Gasteiger partial charge in [0.25, 0.3) is 0 Å². The van der Waals surface area contributed by atoms with Crippen molar-refractivity contribution in [2.45, 2.75) is 13.5 Å². The van der Waals surface area contributed by atoms with Gasteiger partial charge < -0.3 is 9.47 Å². The summed E-state index contributed by atoms with van der Waals surface area (Å²) in [6.07, 6.45) is 3.11. The molecule has 0 atom stereocenters. The fraction of sp³-hybridized carbons (Fsp3) is 0.150. The molecule has 0 N–H and O–H groups in total. The molecular weight excluding hydrogens is 330 g/mol. The molecule has 0 spiro atoms. The molecule has 6 nitrogen and oxygen atoms in total. The lowest BCUT2D eigenvalue weighted by atomic mass is 10.2. The highest BCUT2D eigenvalue weighted by molar-refractivity contribution is 5.89. The van der Waals surface area contributed by atoms with Crippen LogP contribution in [0.3, 0.4) is 0 Å². The van der Waals surface area contributed by atoms with Gasteiger partial charge in [-0.05, 0) is 48.9 Å². The van der Waals surface area contributed by atoms with Crippen LogP contribution in [0.4, 0.5) is 0 Å². The first-order chi connectivity index (χ1) is 12.7. The number of hydrogen-bond donors (Lipinski definition) is 0. The molecule has 26 heavy (non-hydrogen) atoms. The molecule has 0 saturated heterocycles. The molecule has 3 aromatic rings. The van der Waals surface area contributed by atoms with Crippen molar-refractivity contribution in [2.24, 2.45) is 0 Å². The highest BCUT2D eigenvalue weighted by Gasteiger charge is 2.07. The number of aromatic nitrogens is 2. The Bertz CT molecular complexity index is 920. The summed E-state index contributed by atoms with van der Waals surface area (Å²) >= 11 is 0. The predicted octanol–water partition coefficient (Wildman–Crippen LogP) is 3.50. The highest BCUT2D eigenvalue weighted by Crippen LogP contribution is 2.20. The number of nitrogens with zero attached hydrogens (tertiary/aromatic N) is 3. The van der Waals surface area contributed by atoms with Crippen LogP contribution in [-0.4, -0.2) is 22.4 Å². The standard InChI is InChI=1S/C13H11N3O2.C7H6O/c1-2-18-13(17)11-3-5-12(6-4-11)16-9-10(7-14)8-15-16;1-2-6-4-7(3-1)8-5-6/h3-6,8-9H,2H2,1H3;1-4H,5H2. The molecule has 0 radical (unpaired) electrons. The normalized spacial score (nSPS) is 10.9. The maximum Gasteiger partial charge on any atom is 0.338 e. The summed E-state index contributed by atoms with van der Waals surface area (Å²) in [6, 6.07) is 16.9. The van der Waals surface area contributed by atoms with Crippen LogP contribution < -0.4 is 4.74 Å². The van der Waals surface area contributed by atoms with Gasteiger partial charge in [0.1, 0.15) is 18.4 Å². The largest absolute Gasteiger partial charge is 0.489 e. The van der Waals surface area contributed by atoms with E-state index in [1.165, 1.54) is 11.8 Å². The van der Waals surface area contributed by atoms with Crippen LogP contribution in [0.15, 0.2) is 60.9 Å². The fourth-order valence-electron chi connectivity index (χ4n) is 2.38. The van der Waals surface area contributed by atoms with Crippen LogP contribution in [0.2, 0.25) is 0 Å². The molecule has 0 saturated carbocycles. The Labute approximate surface area is 151 Å². The molecule has 1 aromatic heterocycles. The molecule has 2 aromatic carbocycles. The van der Waals surface area contributed by atoms with E-state index in [1.54, 1.807) is 42.1 Å². The summed E-state index contributed by atoms with van der Waals surface area (Å²) in [6.45, 7) is 2.88. The summed E-state index contributed by atoms with van der Waals surface area (Å²) in [5.74, 6) is 0.657. The van der Waals surface area contributed by atoms with E-state index in [4.69, 9.17) is 14.7 Å². The van der Waals surface area contributed by atoms with Gasteiger partial charge in [-0.1, -0.05) is 12.1 Å². The molecule has 0 aliphatic carbocycles. The minimum atomic E-state index is -0.345. The van der Waals surface area contributed by atoms with Crippen molar-refractivity contribution in [1.82, 2.24) is 9.78 Å². The quantitative estimate of drug-likeness (QED) is 0.678. The van der Waals surface area contributed by atoms with Gasteiger partial charge in [-0.15, -0.1) is 0 Å². The number of benzene rings is 2. The second-order valence-corrected chi connectivity index (χ2v) is 5.49. The topological polar surface area (TPSA) is 77.1 Å². The SMILES string of the molecule is CCOC(=O)c1ccc(-n2cc(C#N)cn2)cc1.c1cc2cc(c1)OC2. The van der Waals surface area contributed by atoms with Gasteiger partial charge in [-0.25, -0.2) is 9.48 Å². The first kappa shape index (κ1) is 17.2. The molecule has 2 heterocycles. The van der Waals surface area contributed by atoms with Gasteiger partial charge in [0.05, 0.1) is 29.6 Å². The third kappa shape index (κ3) is 4.08. The van der Waals surface area contributed by atoms with E-state index in [0.717, 1.165) is 18.0 Å². The van der Waals surface area contributed by atoms with Crippen LogP contribution in [0.5, 0.6) is 5.75 Å². The van der Waals surface area contributed by atoms with Crippen LogP contribution in [0.1, 0.15) is 28.4 Å². The second-order valence-electron chi connectivity index (χ2n) is 5.49. The lowest BCUT2D eigenvalue weighted by Gasteiger charge is -2.03. The summed E-state index contributed by atoms with van der Waals surface area (Å²) in [5, 5.41) is 12.8. The lowest BCUT2D eigenvalue weighted by Crippen LogP contribution is -2.04. The number of ether oxygens (including phenoxy) is 2. The van der Waals surface area contributed by atoms with Crippen molar-refractivity contribution in [1.29, 1.82) is 5.26 Å². The Morgan fingerprint density at radius 1 is 1.31 bits per heavy atom. The van der Waals surface area contributed by atoms with Crippen LogP contribution in [-0.2, 0) is 11.3 Å². The van der Waals surface area contributed by atoms with Crippen molar-refractivity contribution >= 4 is 5.97 Å². The summed E-state index contributed by atoms with van der Waals surface area (Å²) in [4.78, 5) is 11.5. The molecular formula is C20H17N3O3. The number of nitriles is 1. The van der Waals surface area contributed by atoms with Gasteiger partial charge >= 0.3 is 5.97 Å². The zero-order valence-corrected chi connectivity index (χ0v) is 14.3. The minimum absolute atomic E-state index is 0.345. The Balaban J connectivity index is 0.000000201. The van der Waals surface area contributed by atoms with E-state index in [2.05, 4.69) is 17.2 Å². The van der Waals surface area contributed by atoms with E-state index in [0.29, 0.717) is 17.7 Å². The summed E-state index contributed by atoms with van der Waals surface area (Å²) in [5.41, 5.74) is 3.05. The molecule has 2 bridgehead atoms. The first-order valence-corrected chi connectivity index (χ1v) is 8.13. The number of carbonyl (C=O) groups excluding carboxylic acids is 1. The van der Waals surface area contributed by atoms with Crippen LogP contribution in [0, 0.1) is 11.3 Å². The fourth-order valence-corrected chi connectivity index (χ4v) is 2.38. The highest BCUT2D eigenvalue weighted by atomic mass is 16.5. The summed E-state index contributed by atoms with van der Waals surface area (Å²) < 4.78 is 11.7. The Hall–Kier alpha value is -3.59. The zero-order chi connectivity index (χ0) is 18.4. The molecule has 130 valence electrons. The van der Waals surface area contributed by atoms with E-state index in [-0.39, 0.29) is 5.97 Å². The Morgan fingerprint density at radius 3 is 2.73 bits per heavy atom. The Morgan fingerprint density at radius 2 is 2.12 bits per heavy atom. The molecule has 6 heteroatoms. The maximum absolute atomic E-state index is 11.5. The number of carbonyl (C=O) groups is 1. The summed E-state index contributed by atoms with van der Waals surface area (Å²) in [7, 11) is 0. The predicted molar refractivity (Wildman–Crippen MR) is 95.0 cm³/mol. The third-order valence-corrected chi connectivity index (χ3v) is 3.66. The molecule has 4 rings (SSSR count). The van der Waals surface area contributed by atoms with Gasteiger partial charge in [0.15, 0.2) is 0 Å². The smallest absolute Gasteiger partial charge is 0.338 e. The van der Waals surface area contributed by atoms with E-state index in [9.17, 15) is 4.79 Å². The van der Waals surface area contributed by atoms with E-state index < -0.39 is 0 Å². The monoisotopic (exact) mass is 347 g/mol. The van der Waals surface area contributed by atoms with Crippen LogP contribution >= 0.6 is 0 Å². The van der Waals surface area contributed by atoms with Gasteiger partial charge in [-0.2, -0.15) is 10.4 Å². The van der Waals surface area contributed by atoms with E-state index >= 15 is 0 Å². The molecule has 0 amide bonds. The van der Waals surface area contributed by atoms with Crippen LogP contribution in [0.25, 0.3) is 5.69 Å². The average Bonchev–Trinajstić information content (AvgIpc) is 3.29. The molecule has 1 aliphatic heterocycles. The van der Waals surface area contributed by atoms with Gasteiger partial charge in [0, 0.05) is 6.20 Å². The molecule has 0 fully saturated rings. The number of esters is 1. The van der Waals surface area contributed by atoms with Crippen molar-refractivity contribution in [2.75, 3.05) is 6.61 Å². The number of rotatable bonds is 3. The molecule has 0 unspecified atom stereocenters. The minimum Gasteiger partial charge on any atom is -0.489 e. The number of hydrogen-bond acceptors (Lipinski definition) is 5. The lowest BCUT2D eigenvalue weighted by molar-refractivity contribution is 0.0526. The zero-order valence-electron chi connectivity index (χ0n) is 14.3. The van der Waals surface area contributed by atoms with Gasteiger partial charge in [0.2, 0.25) is 0 Å². The number of fused-ring (bicyclic) bond motifs is 2.